The molecule has 5 nitrogen and oxygen atoms in total. The lowest BCUT2D eigenvalue weighted by Crippen LogP contribution is -2.37. The molecule has 5 heteroatoms. The summed E-state index contributed by atoms with van der Waals surface area (Å²) in [5, 5.41) is 8.97. The molecule has 0 fully saturated rings. The van der Waals surface area contributed by atoms with E-state index in [4.69, 9.17) is 4.74 Å². The molecule has 3 rings (SSSR count). The standard InChI is InChI=1S/C14H17N3O2/c1-3-19-14(18)11-8-15-13-10-6-4-5-7-12(10)16-17(13)9(11)2/h4-7,9,11,15H,3,8H2,1-2H3. The van der Waals surface area contributed by atoms with Crippen LogP contribution in [0.5, 0.6) is 0 Å². The van der Waals surface area contributed by atoms with Crippen LogP contribution in [0.2, 0.25) is 0 Å². The van der Waals surface area contributed by atoms with E-state index < -0.39 is 0 Å². The summed E-state index contributed by atoms with van der Waals surface area (Å²) in [6, 6.07) is 7.99. The largest absolute Gasteiger partial charge is 0.466 e. The molecule has 2 heterocycles. The summed E-state index contributed by atoms with van der Waals surface area (Å²) in [6.45, 7) is 4.84. The average Bonchev–Trinajstić information content (AvgIpc) is 2.79. The minimum absolute atomic E-state index is 0.00250. The molecule has 0 amide bonds. The minimum Gasteiger partial charge on any atom is -0.466 e. The Balaban J connectivity index is 1.99. The van der Waals surface area contributed by atoms with Gasteiger partial charge in [0.05, 0.1) is 24.1 Å². The number of carbonyl (C=O) groups is 1. The van der Waals surface area contributed by atoms with Crippen molar-refractivity contribution >= 4 is 22.7 Å². The summed E-state index contributed by atoms with van der Waals surface area (Å²) >= 11 is 0. The molecule has 0 bridgehead atoms. The molecule has 0 saturated heterocycles. The number of esters is 1. The Morgan fingerprint density at radius 1 is 1.53 bits per heavy atom. The van der Waals surface area contributed by atoms with Gasteiger partial charge in [0.2, 0.25) is 0 Å². The van der Waals surface area contributed by atoms with Gasteiger partial charge in [-0.25, -0.2) is 4.68 Å². The third-order valence-electron chi connectivity index (χ3n) is 3.65. The fraction of sp³-hybridized carbons (Fsp3) is 0.429. The zero-order valence-electron chi connectivity index (χ0n) is 11.1. The summed E-state index contributed by atoms with van der Waals surface area (Å²) in [5.74, 6) is 0.637. The molecule has 2 unspecified atom stereocenters. The van der Waals surface area contributed by atoms with Gasteiger partial charge >= 0.3 is 5.97 Å². The number of nitrogens with zero attached hydrogens (tertiary/aromatic N) is 2. The SMILES string of the molecule is CCOC(=O)C1CNc2c3ccccc3nn2C1C. The van der Waals surface area contributed by atoms with Crippen molar-refractivity contribution in [1.82, 2.24) is 9.78 Å². The Morgan fingerprint density at radius 3 is 3.11 bits per heavy atom. The smallest absolute Gasteiger partial charge is 0.312 e. The van der Waals surface area contributed by atoms with Crippen molar-refractivity contribution in [1.29, 1.82) is 0 Å². The van der Waals surface area contributed by atoms with Crippen LogP contribution in [-0.4, -0.2) is 28.9 Å². The molecule has 1 aromatic heterocycles. The summed E-state index contributed by atoms with van der Waals surface area (Å²) in [6.07, 6.45) is 0. The molecular formula is C14H17N3O2. The molecule has 1 aliphatic heterocycles. The summed E-state index contributed by atoms with van der Waals surface area (Å²) in [4.78, 5) is 11.9. The maximum Gasteiger partial charge on any atom is 0.312 e. The highest BCUT2D eigenvalue weighted by molar-refractivity contribution is 5.91. The van der Waals surface area contributed by atoms with Crippen LogP contribution in [0.25, 0.3) is 10.9 Å². The molecular weight excluding hydrogens is 242 g/mol. The molecule has 1 aromatic carbocycles. The highest BCUT2D eigenvalue weighted by Crippen LogP contribution is 2.33. The lowest BCUT2D eigenvalue weighted by Gasteiger charge is -2.29. The van der Waals surface area contributed by atoms with Gasteiger partial charge in [0, 0.05) is 11.9 Å². The van der Waals surface area contributed by atoms with Gasteiger partial charge in [0.15, 0.2) is 0 Å². The Hall–Kier alpha value is -2.04. The maximum absolute atomic E-state index is 11.9. The van der Waals surface area contributed by atoms with Crippen molar-refractivity contribution in [3.8, 4) is 0 Å². The Labute approximate surface area is 111 Å². The van der Waals surface area contributed by atoms with Crippen LogP contribution in [0.4, 0.5) is 5.82 Å². The van der Waals surface area contributed by atoms with Crippen LogP contribution in [0.1, 0.15) is 19.9 Å². The number of nitrogens with one attached hydrogen (secondary N) is 1. The van der Waals surface area contributed by atoms with Crippen molar-refractivity contribution in [2.75, 3.05) is 18.5 Å². The zero-order valence-corrected chi connectivity index (χ0v) is 11.1. The topological polar surface area (TPSA) is 56.1 Å². The van der Waals surface area contributed by atoms with Gasteiger partial charge in [-0.05, 0) is 26.0 Å². The van der Waals surface area contributed by atoms with E-state index in [1.807, 2.05) is 42.8 Å². The highest BCUT2D eigenvalue weighted by atomic mass is 16.5. The third-order valence-corrected chi connectivity index (χ3v) is 3.65. The molecule has 100 valence electrons. The molecule has 2 atom stereocenters. The van der Waals surface area contributed by atoms with Gasteiger partial charge in [-0.3, -0.25) is 4.79 Å². The first-order chi connectivity index (χ1) is 9.22. The number of carbonyl (C=O) groups excluding carboxylic acids is 1. The summed E-state index contributed by atoms with van der Waals surface area (Å²) in [7, 11) is 0. The van der Waals surface area contributed by atoms with Crippen molar-refractivity contribution in [2.45, 2.75) is 19.9 Å². The van der Waals surface area contributed by atoms with Crippen molar-refractivity contribution in [2.24, 2.45) is 5.92 Å². The first kappa shape index (κ1) is 12.0. The second-order valence-electron chi connectivity index (χ2n) is 4.79. The Kier molecular flexibility index (Phi) is 2.89. The number of hydrogen-bond donors (Lipinski definition) is 1. The number of ether oxygens (including phenoxy) is 1. The predicted molar refractivity (Wildman–Crippen MR) is 73.1 cm³/mol. The van der Waals surface area contributed by atoms with Crippen LogP contribution >= 0.6 is 0 Å². The number of hydrogen-bond acceptors (Lipinski definition) is 4. The monoisotopic (exact) mass is 259 g/mol. The van der Waals surface area contributed by atoms with E-state index in [9.17, 15) is 4.79 Å². The lowest BCUT2D eigenvalue weighted by molar-refractivity contribution is -0.149. The van der Waals surface area contributed by atoms with E-state index in [0.717, 1.165) is 16.7 Å². The molecule has 0 aliphatic carbocycles. The van der Waals surface area contributed by atoms with E-state index in [2.05, 4.69) is 10.4 Å². The molecule has 19 heavy (non-hydrogen) atoms. The quantitative estimate of drug-likeness (QED) is 0.840. The number of aromatic nitrogens is 2. The van der Waals surface area contributed by atoms with Crippen molar-refractivity contribution in [3.63, 3.8) is 0 Å². The lowest BCUT2D eigenvalue weighted by atomic mass is 9.99. The van der Waals surface area contributed by atoms with E-state index in [0.29, 0.717) is 13.2 Å². The Morgan fingerprint density at radius 2 is 2.32 bits per heavy atom. The third kappa shape index (κ3) is 1.85. The van der Waals surface area contributed by atoms with Crippen LogP contribution < -0.4 is 5.32 Å². The zero-order chi connectivity index (χ0) is 13.4. The molecule has 2 aromatic rings. The van der Waals surface area contributed by atoms with E-state index >= 15 is 0 Å². The minimum atomic E-state index is -0.193. The van der Waals surface area contributed by atoms with Crippen LogP contribution in [0.3, 0.4) is 0 Å². The number of benzene rings is 1. The second kappa shape index (κ2) is 4.57. The van der Waals surface area contributed by atoms with Gasteiger partial charge in [0.25, 0.3) is 0 Å². The first-order valence-electron chi connectivity index (χ1n) is 6.60. The Bertz CT molecular complexity index is 620. The summed E-state index contributed by atoms with van der Waals surface area (Å²) < 4.78 is 7.02. The second-order valence-corrected chi connectivity index (χ2v) is 4.79. The van der Waals surface area contributed by atoms with Gasteiger partial charge in [-0.1, -0.05) is 12.1 Å². The normalized spacial score (nSPS) is 21.8. The fourth-order valence-electron chi connectivity index (χ4n) is 2.60. The van der Waals surface area contributed by atoms with Crippen molar-refractivity contribution < 1.29 is 9.53 Å². The van der Waals surface area contributed by atoms with Gasteiger partial charge in [-0.15, -0.1) is 0 Å². The molecule has 0 saturated carbocycles. The van der Waals surface area contributed by atoms with Gasteiger partial charge in [-0.2, -0.15) is 5.10 Å². The van der Waals surface area contributed by atoms with Gasteiger partial charge in [0.1, 0.15) is 5.82 Å². The number of fused-ring (bicyclic) bond motifs is 3. The van der Waals surface area contributed by atoms with E-state index in [1.54, 1.807) is 0 Å². The van der Waals surface area contributed by atoms with Crippen molar-refractivity contribution in [3.05, 3.63) is 24.3 Å². The predicted octanol–water partition coefficient (Wildman–Crippen LogP) is 2.20. The van der Waals surface area contributed by atoms with Gasteiger partial charge < -0.3 is 10.1 Å². The maximum atomic E-state index is 11.9. The number of anilines is 1. The van der Waals surface area contributed by atoms with Crippen LogP contribution in [0.15, 0.2) is 24.3 Å². The molecule has 0 radical (unpaired) electrons. The van der Waals surface area contributed by atoms with E-state index in [-0.39, 0.29) is 17.9 Å². The first-order valence-corrected chi connectivity index (χ1v) is 6.60. The molecule has 1 aliphatic rings. The summed E-state index contributed by atoms with van der Waals surface area (Å²) in [5.41, 5.74) is 0.946. The molecule has 0 spiro atoms. The van der Waals surface area contributed by atoms with Crippen LogP contribution in [0, 0.1) is 5.92 Å². The fourth-order valence-corrected chi connectivity index (χ4v) is 2.60. The average molecular weight is 259 g/mol. The number of rotatable bonds is 2. The van der Waals surface area contributed by atoms with E-state index in [1.165, 1.54) is 0 Å². The molecule has 1 N–H and O–H groups in total. The van der Waals surface area contributed by atoms with Crippen LogP contribution in [-0.2, 0) is 9.53 Å². The highest BCUT2D eigenvalue weighted by Gasteiger charge is 2.34.